The van der Waals surface area contributed by atoms with Crippen LogP contribution in [0.5, 0.6) is 34.5 Å². The van der Waals surface area contributed by atoms with Gasteiger partial charge in [0.25, 0.3) is 0 Å². The molecule has 0 spiro atoms. The number of phenols is 3. The van der Waals surface area contributed by atoms with Crippen molar-refractivity contribution in [2.45, 2.75) is 679 Å². The second-order valence-electron chi connectivity index (χ2n) is 44.0. The topological polar surface area (TPSA) is 206 Å². The molecule has 0 aliphatic rings. The van der Waals surface area contributed by atoms with Gasteiger partial charge in [-0.05, 0) is 89.8 Å². The molecular weight excluding hydrogens is 1820 g/mol. The summed E-state index contributed by atoms with van der Waals surface area (Å²) >= 11 is 0. The van der Waals surface area contributed by atoms with Gasteiger partial charge in [-0.1, -0.05) is 613 Å². The summed E-state index contributed by atoms with van der Waals surface area (Å²) in [6, 6.07) is 14.3. The van der Waals surface area contributed by atoms with Crippen LogP contribution in [0, 0.1) is 13.8 Å². The summed E-state index contributed by atoms with van der Waals surface area (Å²) in [4.78, 5) is 50.7. The first-order chi connectivity index (χ1) is 72.0. The smallest absolute Gasteiger partial charge is 0.347 e. The Morgan fingerprint density at radius 3 is 0.517 bits per heavy atom. The van der Waals surface area contributed by atoms with Crippen molar-refractivity contribution in [3.63, 3.8) is 0 Å². The van der Waals surface area contributed by atoms with Gasteiger partial charge in [0.15, 0.2) is 30.0 Å². The molecule has 0 aliphatic heterocycles. The number of carbonyl (C=O) groups is 3. The van der Waals surface area contributed by atoms with Gasteiger partial charge in [0.1, 0.15) is 40.3 Å². The van der Waals surface area contributed by atoms with Gasteiger partial charge in [-0.25, -0.2) is 29.3 Å². The maximum atomic E-state index is 12.7. The summed E-state index contributed by atoms with van der Waals surface area (Å²) in [6.45, 7) is 25.5. The van der Waals surface area contributed by atoms with Crippen molar-refractivity contribution >= 4 is 17.9 Å². The fourth-order valence-electron chi connectivity index (χ4n) is 19.5. The molecule has 0 fully saturated rings. The lowest BCUT2D eigenvalue weighted by Crippen LogP contribution is -2.26. The molecule has 3 atom stereocenters. The SMILES string of the molecule is CCCCCCCCCC.CCCCCCCCCCCCCCCCCCC.CCCCCCCCCCCCCCCCCCCCCCCCCCCCCCCCOC(=O)C(C)Oc1ccc(-c2nc(C)nc(-c3ccc(OC(C)C(=O)OCCCCCCC)cc3O)n2)c(O)c1.CCCCCCCCCCCCCCCCCCCCCCCCCCCCCCCCOC(=O)C(C)Oc1ccc(C)c(O)c1. The Labute approximate surface area is 907 Å². The Morgan fingerprint density at radius 2 is 0.361 bits per heavy atom. The van der Waals surface area contributed by atoms with Crippen LogP contribution in [0.4, 0.5) is 0 Å². The van der Waals surface area contributed by atoms with E-state index in [1.54, 1.807) is 64.1 Å². The number of rotatable bonds is 102. The highest BCUT2D eigenvalue weighted by Crippen LogP contribution is 2.36. The zero-order valence-corrected chi connectivity index (χ0v) is 98.5. The number of esters is 3. The number of aromatic nitrogens is 3. The molecule has 3 N–H and O–H groups in total. The third kappa shape index (κ3) is 88.0. The van der Waals surface area contributed by atoms with E-state index >= 15 is 0 Å². The predicted molar refractivity (Wildman–Crippen MR) is 630 cm³/mol. The molecule has 4 rings (SSSR count). The summed E-state index contributed by atoms with van der Waals surface area (Å²) in [5, 5.41) is 31.7. The van der Waals surface area contributed by atoms with Gasteiger partial charge in [-0.2, -0.15) is 0 Å². The quantitative estimate of drug-likeness (QED) is 0.0214. The Kier molecular flexibility index (Phi) is 101. The number of phenolic OH excluding ortho intramolecular Hbond substituents is 3. The second-order valence-corrected chi connectivity index (χ2v) is 44.0. The molecule has 0 radical (unpaired) electrons. The molecule has 3 unspecified atom stereocenters. The Balaban J connectivity index is 0.00000121. The van der Waals surface area contributed by atoms with E-state index in [2.05, 4.69) is 63.4 Å². The number of aryl methyl sites for hydroxylation is 2. The summed E-state index contributed by atoms with van der Waals surface area (Å²) in [7, 11) is 0. The fourth-order valence-corrected chi connectivity index (χ4v) is 19.5. The predicted octanol–water partition coefficient (Wildman–Crippen LogP) is 42.8. The number of aromatic hydroxyl groups is 3. The van der Waals surface area contributed by atoms with Crippen molar-refractivity contribution in [1.82, 2.24) is 15.0 Å². The van der Waals surface area contributed by atoms with Crippen LogP contribution < -0.4 is 14.2 Å². The zero-order valence-electron chi connectivity index (χ0n) is 98.5. The summed E-state index contributed by atoms with van der Waals surface area (Å²) in [5.74, 6) is 0.378. The van der Waals surface area contributed by atoms with Gasteiger partial charge >= 0.3 is 17.9 Å². The van der Waals surface area contributed by atoms with Gasteiger partial charge in [0.05, 0.1) is 30.9 Å². The van der Waals surface area contributed by atoms with Gasteiger partial charge in [0, 0.05) is 18.2 Å². The number of hydrogen-bond acceptors (Lipinski definition) is 15. The van der Waals surface area contributed by atoms with Crippen molar-refractivity contribution in [3.8, 4) is 57.3 Å². The van der Waals surface area contributed by atoms with Crippen LogP contribution in [0.3, 0.4) is 0 Å². The molecule has 0 amide bonds. The largest absolute Gasteiger partial charge is 0.508 e. The molecule has 147 heavy (non-hydrogen) atoms. The minimum atomic E-state index is -0.862. The molecule has 3 aromatic carbocycles. The van der Waals surface area contributed by atoms with E-state index in [4.69, 9.17) is 28.4 Å². The van der Waals surface area contributed by atoms with E-state index in [0.29, 0.717) is 48.3 Å². The van der Waals surface area contributed by atoms with E-state index in [1.165, 1.54) is 538 Å². The molecule has 0 aliphatic carbocycles. The molecule has 0 saturated carbocycles. The Bertz CT molecular complexity index is 3490. The first-order valence-electron chi connectivity index (χ1n) is 63.7. The first kappa shape index (κ1) is 139. The van der Waals surface area contributed by atoms with Crippen molar-refractivity contribution in [2.75, 3.05) is 19.8 Å². The van der Waals surface area contributed by atoms with Crippen molar-refractivity contribution in [1.29, 1.82) is 0 Å². The maximum absolute atomic E-state index is 12.7. The third-order valence-electron chi connectivity index (χ3n) is 29.4. The summed E-state index contributed by atoms with van der Waals surface area (Å²) in [6.07, 6.45) is 122. The maximum Gasteiger partial charge on any atom is 0.347 e. The normalized spacial score (nSPS) is 11.8. The molecule has 15 heteroatoms. The number of unbranched alkanes of at least 4 members (excludes halogenated alkanes) is 85. The van der Waals surface area contributed by atoms with Gasteiger partial charge in [0.2, 0.25) is 0 Å². The van der Waals surface area contributed by atoms with Crippen molar-refractivity contribution < 1.29 is 58.1 Å². The van der Waals surface area contributed by atoms with Crippen LogP contribution in [0.25, 0.3) is 22.8 Å². The minimum absolute atomic E-state index is 0.152. The average Bonchev–Trinajstić information content (AvgIpc) is 0.795. The highest BCUT2D eigenvalue weighted by atomic mass is 16.6. The van der Waals surface area contributed by atoms with E-state index in [-0.39, 0.29) is 40.6 Å². The number of hydrogen-bond donors (Lipinski definition) is 3. The standard InChI is InChI=1S/C61H99N3O8.C42H76O4.C19H40.C10H22/c1-6-8-10-12-13-14-15-16-17-18-19-20-21-22-23-24-25-26-27-28-29-30-31-32-33-34-35-36-38-40-46-70-61(68)50(4)72-53-42-44-55(57(66)48-53)59-63-51(5)62-58(64-59)54-43-41-52(47-56(54)65)71-49(3)60(67)69-45-39-37-11-9-7-2;1-4-5-6-7-8-9-10-11-12-13-14-15-16-17-18-19-20-21-22-23-24-25-26-27-28-29-30-31-32-33-36-45-42(44)39(3)46-40-35-34-38(2)41(43)37-40;1-3-5-7-9-11-13-15-17-19-18-16-14-12-10-8-6-4-2;1-3-5-7-9-10-8-6-4-2/h41-44,47-50,65-66H,6-40,45-46H2,1-5H3;34-35,37,39,43H,4-33,36H2,1-3H3;3-19H2,1-2H3;3-10H2,1-2H3. The van der Waals surface area contributed by atoms with Crippen LogP contribution >= 0.6 is 0 Å². The van der Waals surface area contributed by atoms with Crippen LogP contribution in [0.2, 0.25) is 0 Å². The van der Waals surface area contributed by atoms with Crippen molar-refractivity contribution in [3.05, 3.63) is 66.0 Å². The average molecular weight is 2060 g/mol. The Hall–Kier alpha value is -6.12. The molecule has 15 nitrogen and oxygen atoms in total. The van der Waals surface area contributed by atoms with Crippen LogP contribution in [0.1, 0.15) is 658 Å². The Morgan fingerprint density at radius 1 is 0.211 bits per heavy atom. The summed E-state index contributed by atoms with van der Waals surface area (Å²) in [5.41, 5.74) is 1.41. The van der Waals surface area contributed by atoms with Crippen molar-refractivity contribution in [2.24, 2.45) is 0 Å². The van der Waals surface area contributed by atoms with E-state index in [9.17, 15) is 29.7 Å². The number of nitrogens with zero attached hydrogens (tertiary/aromatic N) is 3. The summed E-state index contributed by atoms with van der Waals surface area (Å²) < 4.78 is 33.4. The molecule has 1 heterocycles. The van der Waals surface area contributed by atoms with Crippen LogP contribution in [-0.2, 0) is 28.6 Å². The minimum Gasteiger partial charge on any atom is -0.508 e. The second kappa shape index (κ2) is 107. The first-order valence-corrected chi connectivity index (χ1v) is 63.7. The fraction of sp³-hybridized carbons (Fsp3) is 0.818. The van der Waals surface area contributed by atoms with Crippen LogP contribution in [0.15, 0.2) is 54.6 Å². The lowest BCUT2D eigenvalue weighted by Gasteiger charge is -2.15. The highest BCUT2D eigenvalue weighted by Gasteiger charge is 2.23. The lowest BCUT2D eigenvalue weighted by atomic mass is 10.0. The van der Waals surface area contributed by atoms with Gasteiger partial charge in [-0.3, -0.25) is 0 Å². The van der Waals surface area contributed by atoms with E-state index < -0.39 is 30.3 Å². The molecule has 1 aromatic heterocycles. The zero-order chi connectivity index (χ0) is 107. The molecular formula is C132H237N3O12. The van der Waals surface area contributed by atoms with E-state index in [0.717, 1.165) is 63.4 Å². The highest BCUT2D eigenvalue weighted by molar-refractivity contribution is 5.76. The molecule has 852 valence electrons. The molecule has 4 aromatic rings. The monoisotopic (exact) mass is 2060 g/mol. The lowest BCUT2D eigenvalue weighted by molar-refractivity contribution is -0.152. The van der Waals surface area contributed by atoms with Gasteiger partial charge in [-0.15, -0.1) is 0 Å². The number of benzene rings is 3. The number of ether oxygens (including phenoxy) is 6. The van der Waals surface area contributed by atoms with E-state index in [1.807, 2.05) is 6.92 Å². The van der Waals surface area contributed by atoms with Gasteiger partial charge < -0.3 is 43.7 Å². The molecule has 0 bridgehead atoms. The third-order valence-corrected chi connectivity index (χ3v) is 29.4. The molecule has 0 saturated heterocycles. The number of carbonyl (C=O) groups excluding carboxylic acids is 3. The van der Waals surface area contributed by atoms with Crippen LogP contribution in [-0.4, -0.2) is 86.3 Å².